The molecule has 3 aromatic heterocycles. The van der Waals surface area contributed by atoms with Crippen LogP contribution in [0.1, 0.15) is 28.3 Å². The molecule has 9 heteroatoms. The van der Waals surface area contributed by atoms with Crippen molar-refractivity contribution in [2.45, 2.75) is 33.2 Å². The monoisotopic (exact) mass is 544 g/mol. The molecule has 0 aliphatic rings. The second-order valence-electron chi connectivity index (χ2n) is 6.91. The van der Waals surface area contributed by atoms with Crippen LogP contribution in [-0.4, -0.2) is 33.8 Å². The van der Waals surface area contributed by atoms with Crippen LogP contribution in [0.4, 0.5) is 0 Å². The topological polar surface area (TPSA) is 67.1 Å². The van der Waals surface area contributed by atoms with Crippen LogP contribution >= 0.6 is 46.7 Å². The summed E-state index contributed by atoms with van der Waals surface area (Å²) in [5.74, 6) is 3.12. The van der Waals surface area contributed by atoms with Gasteiger partial charge in [-0.25, -0.2) is 4.99 Å². The molecular weight excluding hydrogens is 515 g/mol. The highest BCUT2D eigenvalue weighted by Crippen LogP contribution is 2.13. The summed E-state index contributed by atoms with van der Waals surface area (Å²) < 4.78 is 1.98. The van der Waals surface area contributed by atoms with Gasteiger partial charge in [-0.05, 0) is 48.6 Å². The van der Waals surface area contributed by atoms with Gasteiger partial charge in [-0.2, -0.15) is 0 Å². The first-order valence-corrected chi connectivity index (χ1v) is 11.3. The van der Waals surface area contributed by atoms with Gasteiger partial charge in [-0.1, -0.05) is 19.1 Å². The highest BCUT2D eigenvalue weighted by molar-refractivity contribution is 14.0. The molecule has 0 spiro atoms. The van der Waals surface area contributed by atoms with Crippen molar-refractivity contribution in [1.82, 2.24) is 25.4 Å². The van der Waals surface area contributed by atoms with Crippen LogP contribution < -0.4 is 10.6 Å². The third kappa shape index (κ3) is 7.71. The number of aliphatic imine (C=N–C) groups is 1. The summed E-state index contributed by atoms with van der Waals surface area (Å²) in [6.07, 6.45) is 2.07. The van der Waals surface area contributed by atoms with Crippen molar-refractivity contribution in [1.29, 1.82) is 0 Å². The lowest BCUT2D eigenvalue weighted by Gasteiger charge is -2.16. The Bertz CT molecular complexity index is 858. The van der Waals surface area contributed by atoms with Gasteiger partial charge in [-0.15, -0.1) is 56.8 Å². The minimum atomic E-state index is 0. The zero-order chi connectivity index (χ0) is 19.8. The minimum Gasteiger partial charge on any atom is -0.356 e. The number of guanidine groups is 1. The summed E-state index contributed by atoms with van der Waals surface area (Å²) >= 11 is 3.61. The second-order valence-corrected chi connectivity index (χ2v) is 8.98. The van der Waals surface area contributed by atoms with Gasteiger partial charge in [0.2, 0.25) is 0 Å². The number of hydrogen-bond acceptors (Lipinski definition) is 5. The Balaban J connectivity index is 0.00000300. The zero-order valence-electron chi connectivity index (χ0n) is 17.1. The van der Waals surface area contributed by atoms with Crippen molar-refractivity contribution < 1.29 is 0 Å². The quantitative estimate of drug-likeness (QED) is 0.243. The maximum atomic E-state index is 4.73. The average Bonchev–Trinajstić information content (AvgIpc) is 3.43. The largest absolute Gasteiger partial charge is 0.356 e. The van der Waals surface area contributed by atoms with Crippen molar-refractivity contribution in [3.05, 3.63) is 56.4 Å². The normalized spacial score (nSPS) is 12.4. The van der Waals surface area contributed by atoms with Crippen LogP contribution in [0.5, 0.6) is 0 Å². The van der Waals surface area contributed by atoms with Crippen molar-refractivity contribution in [2.24, 2.45) is 18.0 Å². The number of nitrogens with zero attached hydrogens (tertiary/aromatic N) is 4. The number of thiophene rings is 2. The summed E-state index contributed by atoms with van der Waals surface area (Å²) in [6.45, 7) is 6.45. The molecule has 3 aromatic rings. The van der Waals surface area contributed by atoms with E-state index in [1.807, 2.05) is 29.9 Å². The lowest BCUT2D eigenvalue weighted by atomic mass is 10.1. The molecule has 0 aromatic carbocycles. The van der Waals surface area contributed by atoms with Crippen molar-refractivity contribution in [3.63, 3.8) is 0 Å². The summed E-state index contributed by atoms with van der Waals surface area (Å²) in [4.78, 5) is 7.53. The number of aryl methyl sites for hydroxylation is 1. The molecule has 29 heavy (non-hydrogen) atoms. The number of nitrogens with one attached hydrogen (secondary N) is 2. The molecule has 1 atom stereocenters. The van der Waals surface area contributed by atoms with E-state index in [0.717, 1.165) is 43.5 Å². The van der Waals surface area contributed by atoms with E-state index < -0.39 is 0 Å². The van der Waals surface area contributed by atoms with Gasteiger partial charge in [-0.3, -0.25) is 0 Å². The fourth-order valence-corrected chi connectivity index (χ4v) is 4.37. The SMILES string of the molecule is Cc1nnc(CN=C(NCCc2cccs2)NCC(C)Cc2cccs2)n1C.I. The first kappa shape index (κ1) is 23.8. The van der Waals surface area contributed by atoms with E-state index in [9.17, 15) is 0 Å². The van der Waals surface area contributed by atoms with Crippen molar-refractivity contribution in [2.75, 3.05) is 13.1 Å². The van der Waals surface area contributed by atoms with Crippen LogP contribution in [0.25, 0.3) is 0 Å². The van der Waals surface area contributed by atoms with E-state index in [1.54, 1.807) is 11.3 Å². The molecule has 158 valence electrons. The lowest BCUT2D eigenvalue weighted by Crippen LogP contribution is -2.40. The Hall–Kier alpha value is -1.46. The zero-order valence-corrected chi connectivity index (χ0v) is 21.1. The van der Waals surface area contributed by atoms with Crippen LogP contribution in [-0.2, 0) is 26.4 Å². The molecular formula is C20H29IN6S2. The molecule has 0 aliphatic heterocycles. The van der Waals surface area contributed by atoms with Gasteiger partial charge in [0.25, 0.3) is 0 Å². The molecule has 0 amide bonds. The first-order valence-electron chi connectivity index (χ1n) is 9.53. The molecule has 0 saturated heterocycles. The minimum absolute atomic E-state index is 0. The Morgan fingerprint density at radius 3 is 2.48 bits per heavy atom. The van der Waals surface area contributed by atoms with Crippen LogP contribution in [0.15, 0.2) is 40.0 Å². The van der Waals surface area contributed by atoms with Gasteiger partial charge in [0, 0.05) is 29.9 Å². The van der Waals surface area contributed by atoms with Gasteiger partial charge in [0.15, 0.2) is 11.8 Å². The number of halogens is 1. The molecule has 0 aliphatic carbocycles. The Morgan fingerprint density at radius 1 is 1.14 bits per heavy atom. The van der Waals surface area contributed by atoms with Gasteiger partial charge in [0.1, 0.15) is 12.4 Å². The highest BCUT2D eigenvalue weighted by atomic mass is 127. The summed E-state index contributed by atoms with van der Waals surface area (Å²) in [5, 5.41) is 19.5. The van der Waals surface area contributed by atoms with Crippen LogP contribution in [0, 0.1) is 12.8 Å². The number of hydrogen-bond donors (Lipinski definition) is 2. The molecule has 0 saturated carbocycles. The predicted octanol–water partition coefficient (Wildman–Crippen LogP) is 4.02. The lowest BCUT2D eigenvalue weighted by molar-refractivity contribution is 0.561. The fraction of sp³-hybridized carbons (Fsp3) is 0.450. The van der Waals surface area contributed by atoms with E-state index in [4.69, 9.17) is 4.99 Å². The summed E-state index contributed by atoms with van der Waals surface area (Å²) in [5.41, 5.74) is 0. The maximum absolute atomic E-state index is 4.73. The number of aromatic nitrogens is 3. The van der Waals surface area contributed by atoms with Gasteiger partial charge >= 0.3 is 0 Å². The van der Waals surface area contributed by atoms with E-state index >= 15 is 0 Å². The molecule has 3 heterocycles. The van der Waals surface area contributed by atoms with Crippen LogP contribution in [0.2, 0.25) is 0 Å². The molecule has 0 bridgehead atoms. The standard InChI is InChI=1S/C20H28N6S2.HI/c1-15(12-18-7-5-11-28-18)13-22-20(21-9-8-17-6-4-10-27-17)23-14-19-25-24-16(2)26(19)3;/h4-7,10-11,15H,8-9,12-14H2,1-3H3,(H2,21,22,23);1H. The Labute approximate surface area is 197 Å². The smallest absolute Gasteiger partial charge is 0.191 e. The molecule has 1 unspecified atom stereocenters. The molecule has 0 fully saturated rings. The first-order chi connectivity index (χ1) is 13.6. The number of rotatable bonds is 9. The summed E-state index contributed by atoms with van der Waals surface area (Å²) in [6, 6.07) is 8.58. The third-order valence-electron chi connectivity index (χ3n) is 4.55. The molecule has 3 rings (SSSR count). The molecule has 0 radical (unpaired) electrons. The van der Waals surface area contributed by atoms with Crippen molar-refractivity contribution >= 4 is 52.6 Å². The van der Waals surface area contributed by atoms with Crippen molar-refractivity contribution in [3.8, 4) is 0 Å². The van der Waals surface area contributed by atoms with Gasteiger partial charge in [0.05, 0.1) is 0 Å². The predicted molar refractivity (Wildman–Crippen MR) is 134 cm³/mol. The molecule has 2 N–H and O–H groups in total. The average molecular weight is 545 g/mol. The Morgan fingerprint density at radius 2 is 1.86 bits per heavy atom. The second kappa shape index (κ2) is 12.3. The third-order valence-corrected chi connectivity index (χ3v) is 6.39. The highest BCUT2D eigenvalue weighted by Gasteiger charge is 2.08. The Kier molecular flexibility index (Phi) is 10.1. The summed E-state index contributed by atoms with van der Waals surface area (Å²) in [7, 11) is 1.97. The maximum Gasteiger partial charge on any atom is 0.191 e. The van der Waals surface area contributed by atoms with E-state index in [1.165, 1.54) is 9.75 Å². The van der Waals surface area contributed by atoms with E-state index in [-0.39, 0.29) is 24.0 Å². The molecule has 6 nitrogen and oxygen atoms in total. The van der Waals surface area contributed by atoms with E-state index in [0.29, 0.717) is 12.5 Å². The fourth-order valence-electron chi connectivity index (χ4n) is 2.79. The van der Waals surface area contributed by atoms with E-state index in [2.05, 4.69) is 62.8 Å². The van der Waals surface area contributed by atoms with Gasteiger partial charge < -0.3 is 15.2 Å². The van der Waals surface area contributed by atoms with Crippen LogP contribution in [0.3, 0.4) is 0 Å².